The van der Waals surface area contributed by atoms with Crippen LogP contribution in [0.3, 0.4) is 0 Å². The number of aryl methyl sites for hydroxylation is 2. The highest BCUT2D eigenvalue weighted by molar-refractivity contribution is 6.02. The molecule has 0 aromatic heterocycles. The molecule has 53 heavy (non-hydrogen) atoms. The van der Waals surface area contributed by atoms with E-state index < -0.39 is 0 Å². The third kappa shape index (κ3) is 4.85. The summed E-state index contributed by atoms with van der Waals surface area (Å²) in [7, 11) is 0. The first-order chi connectivity index (χ1) is 26.2. The lowest BCUT2D eigenvalue weighted by molar-refractivity contribution is 0.563. The van der Waals surface area contributed by atoms with E-state index in [1.54, 1.807) is 0 Å². The maximum atomic E-state index is 2.56. The molecule has 2 aliphatic carbocycles. The molecule has 0 bridgehead atoms. The SMILES string of the molecule is C(=C\c1cccc2c(N3CCCc4ccccc43)cccc12)/c1ccc2c(c1)C1(Cc3ccccc3C1)c1cc(N3CCCc4ccccc43)ccc1-2. The van der Waals surface area contributed by atoms with E-state index in [-0.39, 0.29) is 5.41 Å². The number of benzene rings is 7. The molecule has 256 valence electrons. The van der Waals surface area contributed by atoms with E-state index in [9.17, 15) is 0 Å². The molecule has 7 aromatic rings. The first-order valence-corrected chi connectivity index (χ1v) is 19.5. The highest BCUT2D eigenvalue weighted by atomic mass is 15.1. The number of hydrogen-bond acceptors (Lipinski definition) is 2. The van der Waals surface area contributed by atoms with E-state index in [0.717, 1.165) is 38.8 Å². The highest BCUT2D eigenvalue weighted by Gasteiger charge is 2.47. The van der Waals surface area contributed by atoms with Crippen molar-refractivity contribution >= 4 is 45.7 Å². The van der Waals surface area contributed by atoms with Gasteiger partial charge in [0, 0.05) is 46.6 Å². The number of rotatable bonds is 4. The fourth-order valence-corrected chi connectivity index (χ4v) is 10.2. The average molecular weight is 683 g/mol. The van der Waals surface area contributed by atoms with Crippen LogP contribution in [0.1, 0.15) is 57.3 Å². The minimum absolute atomic E-state index is 0.0669. The number of fused-ring (bicyclic) bond motifs is 9. The van der Waals surface area contributed by atoms with Gasteiger partial charge in [0.05, 0.1) is 0 Å². The van der Waals surface area contributed by atoms with Crippen LogP contribution in [0.25, 0.3) is 34.1 Å². The summed E-state index contributed by atoms with van der Waals surface area (Å²) >= 11 is 0. The maximum absolute atomic E-state index is 2.56. The first-order valence-electron chi connectivity index (χ1n) is 19.5. The molecule has 4 aliphatic rings. The molecule has 0 saturated carbocycles. The molecule has 0 unspecified atom stereocenters. The van der Waals surface area contributed by atoms with Gasteiger partial charge < -0.3 is 9.80 Å². The van der Waals surface area contributed by atoms with Crippen molar-refractivity contribution in [1.82, 2.24) is 0 Å². The molecule has 2 heteroatoms. The molecule has 11 rings (SSSR count). The van der Waals surface area contributed by atoms with Crippen LogP contribution in [-0.4, -0.2) is 13.1 Å². The van der Waals surface area contributed by atoms with Gasteiger partial charge in [-0.1, -0.05) is 127 Å². The molecule has 2 heterocycles. The van der Waals surface area contributed by atoms with E-state index in [2.05, 4.69) is 168 Å². The Labute approximate surface area is 312 Å². The van der Waals surface area contributed by atoms with E-state index >= 15 is 0 Å². The molecule has 2 nitrogen and oxygen atoms in total. The lowest BCUT2D eigenvalue weighted by atomic mass is 9.75. The van der Waals surface area contributed by atoms with Crippen molar-refractivity contribution in [2.75, 3.05) is 22.9 Å². The smallest absolute Gasteiger partial charge is 0.0490 e. The lowest BCUT2D eigenvalue weighted by Crippen LogP contribution is -2.27. The van der Waals surface area contributed by atoms with Gasteiger partial charge in [0.25, 0.3) is 0 Å². The molecule has 0 saturated heterocycles. The Morgan fingerprint density at radius 3 is 1.79 bits per heavy atom. The zero-order chi connectivity index (χ0) is 34.9. The van der Waals surface area contributed by atoms with Gasteiger partial charge in [0.15, 0.2) is 0 Å². The highest BCUT2D eigenvalue weighted by Crippen LogP contribution is 2.56. The van der Waals surface area contributed by atoms with Crippen molar-refractivity contribution in [2.45, 2.75) is 43.9 Å². The zero-order valence-electron chi connectivity index (χ0n) is 30.1. The number of para-hydroxylation sites is 2. The van der Waals surface area contributed by atoms with Gasteiger partial charge in [0.1, 0.15) is 0 Å². The third-order valence-corrected chi connectivity index (χ3v) is 12.7. The predicted molar refractivity (Wildman–Crippen MR) is 223 cm³/mol. The monoisotopic (exact) mass is 682 g/mol. The largest absolute Gasteiger partial charge is 0.341 e. The molecular weight excluding hydrogens is 641 g/mol. The van der Waals surface area contributed by atoms with Crippen LogP contribution < -0.4 is 9.80 Å². The molecular formula is C51H42N2. The van der Waals surface area contributed by atoms with Crippen molar-refractivity contribution in [1.29, 1.82) is 0 Å². The van der Waals surface area contributed by atoms with Crippen LogP contribution in [0.2, 0.25) is 0 Å². The summed E-state index contributed by atoms with van der Waals surface area (Å²) in [6.45, 7) is 2.11. The quantitative estimate of drug-likeness (QED) is 0.171. The summed E-state index contributed by atoms with van der Waals surface area (Å²) in [6, 6.07) is 55.2. The third-order valence-electron chi connectivity index (χ3n) is 12.7. The predicted octanol–water partition coefficient (Wildman–Crippen LogP) is 12.2. The Kier molecular flexibility index (Phi) is 7.02. The van der Waals surface area contributed by atoms with Crippen LogP contribution in [0.4, 0.5) is 22.7 Å². The second-order valence-electron chi connectivity index (χ2n) is 15.6. The Bertz CT molecular complexity index is 2580. The molecule has 1 spiro atoms. The van der Waals surface area contributed by atoms with E-state index in [1.807, 2.05) is 0 Å². The van der Waals surface area contributed by atoms with E-state index in [4.69, 9.17) is 0 Å². The lowest BCUT2D eigenvalue weighted by Gasteiger charge is -2.33. The van der Waals surface area contributed by atoms with Crippen LogP contribution in [-0.2, 0) is 31.1 Å². The van der Waals surface area contributed by atoms with Gasteiger partial charge in [0.2, 0.25) is 0 Å². The Hall–Kier alpha value is -5.86. The van der Waals surface area contributed by atoms with Crippen LogP contribution >= 0.6 is 0 Å². The number of nitrogens with zero attached hydrogens (tertiary/aromatic N) is 2. The van der Waals surface area contributed by atoms with Gasteiger partial charge in [-0.25, -0.2) is 0 Å². The fourth-order valence-electron chi connectivity index (χ4n) is 10.2. The molecule has 7 aromatic carbocycles. The first kappa shape index (κ1) is 30.7. The molecule has 0 atom stereocenters. The summed E-state index contributed by atoms with van der Waals surface area (Å²) < 4.78 is 0. The fraction of sp³-hybridized carbons (Fsp3) is 0.176. The Morgan fingerprint density at radius 1 is 0.453 bits per heavy atom. The van der Waals surface area contributed by atoms with Crippen LogP contribution in [0.15, 0.2) is 146 Å². The minimum atomic E-state index is -0.0669. The van der Waals surface area contributed by atoms with Crippen molar-refractivity contribution < 1.29 is 0 Å². The second kappa shape index (κ2) is 12.1. The zero-order valence-corrected chi connectivity index (χ0v) is 30.1. The molecule has 0 amide bonds. The summed E-state index contributed by atoms with van der Waals surface area (Å²) in [5.41, 5.74) is 19.4. The summed E-state index contributed by atoms with van der Waals surface area (Å²) in [6.07, 6.45) is 11.4. The van der Waals surface area contributed by atoms with Gasteiger partial charge in [-0.3, -0.25) is 0 Å². The van der Waals surface area contributed by atoms with E-state index in [1.165, 1.54) is 102 Å². The maximum Gasteiger partial charge on any atom is 0.0490 e. The summed E-state index contributed by atoms with van der Waals surface area (Å²) in [4.78, 5) is 5.09. The minimum Gasteiger partial charge on any atom is -0.341 e. The second-order valence-corrected chi connectivity index (χ2v) is 15.6. The standard InChI is InChI=1S/C51H42N2/c1-2-14-40-34-51(33-39(40)13-1)46-31-35(24-27-43(46)44-28-26-41(32-47(44)51)52-29-9-16-37-11-3-5-20-48(37)52)23-25-36-15-7-19-45-42(36)18-8-22-50(45)53-30-10-17-38-12-4-6-21-49(38)53/h1-8,11-15,18-28,31-32H,9-10,16-17,29-30,33-34H2/b25-23+. The molecule has 0 N–H and O–H groups in total. The average Bonchev–Trinajstić information content (AvgIpc) is 3.74. The van der Waals surface area contributed by atoms with Gasteiger partial charge in [-0.2, -0.15) is 0 Å². The van der Waals surface area contributed by atoms with Crippen LogP contribution in [0, 0.1) is 0 Å². The number of anilines is 4. The topological polar surface area (TPSA) is 6.48 Å². The van der Waals surface area contributed by atoms with Gasteiger partial charge in [-0.05, 0) is 130 Å². The van der Waals surface area contributed by atoms with Crippen molar-refractivity contribution in [3.8, 4) is 11.1 Å². The Morgan fingerprint density at radius 2 is 1.04 bits per heavy atom. The Balaban J connectivity index is 0.984. The van der Waals surface area contributed by atoms with Gasteiger partial charge in [-0.15, -0.1) is 0 Å². The van der Waals surface area contributed by atoms with Crippen molar-refractivity contribution in [3.63, 3.8) is 0 Å². The van der Waals surface area contributed by atoms with Crippen molar-refractivity contribution in [3.05, 3.63) is 190 Å². The van der Waals surface area contributed by atoms with E-state index in [0.29, 0.717) is 0 Å². The van der Waals surface area contributed by atoms with Crippen LogP contribution in [0.5, 0.6) is 0 Å². The molecule has 0 fully saturated rings. The molecule has 2 aliphatic heterocycles. The normalized spacial score (nSPS) is 16.5. The van der Waals surface area contributed by atoms with Crippen molar-refractivity contribution in [2.24, 2.45) is 0 Å². The van der Waals surface area contributed by atoms with Gasteiger partial charge >= 0.3 is 0 Å². The molecule has 0 radical (unpaired) electrons. The number of hydrogen-bond donors (Lipinski definition) is 0. The summed E-state index contributed by atoms with van der Waals surface area (Å²) in [5, 5.41) is 2.61. The summed E-state index contributed by atoms with van der Waals surface area (Å²) in [5.74, 6) is 0.